The minimum atomic E-state index is -4.19. The van der Waals surface area contributed by atoms with E-state index >= 15 is 0 Å². The molecular weight excluding hydrogens is 228 g/mol. The fourth-order valence-electron chi connectivity index (χ4n) is 1.08. The second kappa shape index (κ2) is 6.67. The van der Waals surface area contributed by atoms with Gasteiger partial charge in [-0.2, -0.15) is 8.78 Å². The second-order valence-electron chi connectivity index (χ2n) is 3.59. The van der Waals surface area contributed by atoms with E-state index in [-0.39, 0.29) is 6.42 Å². The van der Waals surface area contributed by atoms with Gasteiger partial charge in [-0.05, 0) is 6.42 Å². The molecule has 1 amide bonds. The van der Waals surface area contributed by atoms with Crippen molar-refractivity contribution in [3.8, 4) is 0 Å². The monoisotopic (exact) mass is 244 g/mol. The Morgan fingerprint density at radius 2 is 2.00 bits per heavy atom. The van der Waals surface area contributed by atoms with Crippen LogP contribution in [-0.4, -0.2) is 30.8 Å². The van der Waals surface area contributed by atoms with Crippen molar-refractivity contribution in [1.82, 2.24) is 5.32 Å². The molecule has 0 heterocycles. The maximum absolute atomic E-state index is 12.4. The first-order chi connectivity index (χ1) is 7.29. The molecule has 0 radical (unpaired) electrons. The summed E-state index contributed by atoms with van der Waals surface area (Å²) in [5.74, 6) is -4.92. The summed E-state index contributed by atoms with van der Waals surface area (Å²) in [5, 5.41) is 1.74. The number of alkyl halides is 4. The molecular formula is C9H16F4N2O. The number of nitrogens with one attached hydrogen (secondary N) is 1. The predicted molar refractivity (Wildman–Crippen MR) is 51.5 cm³/mol. The topological polar surface area (TPSA) is 55.1 Å². The van der Waals surface area contributed by atoms with Gasteiger partial charge in [-0.25, -0.2) is 8.78 Å². The molecule has 0 spiro atoms. The minimum absolute atomic E-state index is 0.132. The van der Waals surface area contributed by atoms with Gasteiger partial charge >= 0.3 is 12.3 Å². The second-order valence-corrected chi connectivity index (χ2v) is 3.59. The maximum Gasteiger partial charge on any atom is 0.324 e. The lowest BCUT2D eigenvalue weighted by atomic mass is 10.1. The zero-order valence-electron chi connectivity index (χ0n) is 8.98. The van der Waals surface area contributed by atoms with Crippen LogP contribution in [0.15, 0.2) is 0 Å². The zero-order chi connectivity index (χ0) is 12.8. The first-order valence-corrected chi connectivity index (χ1v) is 4.97. The molecule has 1 unspecified atom stereocenters. The van der Waals surface area contributed by atoms with Crippen LogP contribution in [0.1, 0.15) is 26.2 Å². The molecule has 3 nitrogen and oxygen atoms in total. The number of hydrogen-bond acceptors (Lipinski definition) is 2. The third-order valence-corrected chi connectivity index (χ3v) is 1.95. The molecule has 0 saturated heterocycles. The van der Waals surface area contributed by atoms with E-state index in [1.54, 1.807) is 5.32 Å². The summed E-state index contributed by atoms with van der Waals surface area (Å²) in [6, 6.07) is -0.426. The average Bonchev–Trinajstić information content (AvgIpc) is 2.15. The van der Waals surface area contributed by atoms with Crippen LogP contribution >= 0.6 is 0 Å². The van der Waals surface area contributed by atoms with Crippen molar-refractivity contribution < 1.29 is 22.4 Å². The summed E-state index contributed by atoms with van der Waals surface area (Å²) in [4.78, 5) is 11.0. The van der Waals surface area contributed by atoms with Gasteiger partial charge < -0.3 is 11.1 Å². The lowest BCUT2D eigenvalue weighted by Crippen LogP contribution is -2.42. The molecule has 0 aliphatic rings. The summed E-state index contributed by atoms with van der Waals surface area (Å²) in [5.41, 5.74) is 5.49. The molecule has 3 N–H and O–H groups in total. The van der Waals surface area contributed by atoms with Crippen molar-refractivity contribution >= 4 is 5.91 Å². The minimum Gasteiger partial charge on any atom is -0.350 e. The van der Waals surface area contributed by atoms with Crippen molar-refractivity contribution in [3.63, 3.8) is 0 Å². The van der Waals surface area contributed by atoms with Gasteiger partial charge in [0, 0.05) is 12.5 Å². The van der Waals surface area contributed by atoms with Gasteiger partial charge in [-0.15, -0.1) is 0 Å². The summed E-state index contributed by atoms with van der Waals surface area (Å²) in [6.07, 6.45) is -2.56. The summed E-state index contributed by atoms with van der Waals surface area (Å²) >= 11 is 0. The quantitative estimate of drug-likeness (QED) is 0.667. The first-order valence-electron chi connectivity index (χ1n) is 4.97. The number of rotatable bonds is 7. The molecule has 7 heteroatoms. The molecule has 1 atom stereocenters. The molecule has 0 saturated carbocycles. The van der Waals surface area contributed by atoms with Gasteiger partial charge in [0.25, 0.3) is 0 Å². The van der Waals surface area contributed by atoms with Crippen molar-refractivity contribution in [2.45, 2.75) is 44.6 Å². The predicted octanol–water partition coefficient (Wildman–Crippen LogP) is 1.52. The van der Waals surface area contributed by atoms with Crippen molar-refractivity contribution in [2.75, 3.05) is 6.54 Å². The Morgan fingerprint density at radius 1 is 1.44 bits per heavy atom. The Kier molecular flexibility index (Phi) is 6.32. The molecule has 0 bridgehead atoms. The van der Waals surface area contributed by atoms with E-state index in [4.69, 9.17) is 5.73 Å². The number of hydrogen-bond donors (Lipinski definition) is 2. The van der Waals surface area contributed by atoms with E-state index < -0.39 is 30.8 Å². The Balaban J connectivity index is 3.90. The van der Waals surface area contributed by atoms with Crippen LogP contribution in [0.4, 0.5) is 17.6 Å². The molecule has 0 aliphatic heterocycles. The first kappa shape index (κ1) is 15.2. The molecule has 0 aromatic rings. The Labute approximate surface area is 91.4 Å². The van der Waals surface area contributed by atoms with Crippen molar-refractivity contribution in [2.24, 2.45) is 5.73 Å². The zero-order valence-corrected chi connectivity index (χ0v) is 8.98. The van der Waals surface area contributed by atoms with Crippen LogP contribution in [0.5, 0.6) is 0 Å². The van der Waals surface area contributed by atoms with Gasteiger partial charge in [0.15, 0.2) is 0 Å². The van der Waals surface area contributed by atoms with Crippen LogP contribution in [0, 0.1) is 0 Å². The number of carbonyl (C=O) groups is 1. The number of halogens is 4. The third kappa shape index (κ3) is 5.89. The lowest BCUT2D eigenvalue weighted by Gasteiger charge is -2.16. The van der Waals surface area contributed by atoms with E-state index in [1.807, 2.05) is 6.92 Å². The van der Waals surface area contributed by atoms with Crippen LogP contribution in [0.25, 0.3) is 0 Å². The standard InChI is InChI=1S/C9H16F4N2O/c1-2-3-6(14)4-7(16)15-5-9(12,13)8(10)11/h6,8H,2-5,14H2,1H3,(H,15,16). The van der Waals surface area contributed by atoms with Crippen molar-refractivity contribution in [3.05, 3.63) is 0 Å². The average molecular weight is 244 g/mol. The molecule has 0 rings (SSSR count). The molecule has 96 valence electrons. The highest BCUT2D eigenvalue weighted by Crippen LogP contribution is 2.21. The highest BCUT2D eigenvalue weighted by Gasteiger charge is 2.40. The van der Waals surface area contributed by atoms with Gasteiger partial charge in [-0.1, -0.05) is 13.3 Å². The fourth-order valence-corrected chi connectivity index (χ4v) is 1.08. The van der Waals surface area contributed by atoms with E-state index in [9.17, 15) is 22.4 Å². The number of carbonyl (C=O) groups excluding carboxylic acids is 1. The highest BCUT2D eigenvalue weighted by molar-refractivity contribution is 5.76. The molecule has 16 heavy (non-hydrogen) atoms. The maximum atomic E-state index is 12.4. The SMILES string of the molecule is CCCC(N)CC(=O)NCC(F)(F)C(F)F. The van der Waals surface area contributed by atoms with E-state index in [2.05, 4.69) is 0 Å². The van der Waals surface area contributed by atoms with Crippen molar-refractivity contribution in [1.29, 1.82) is 0 Å². The number of nitrogens with two attached hydrogens (primary N) is 1. The molecule has 0 aromatic carbocycles. The molecule has 0 aromatic heterocycles. The largest absolute Gasteiger partial charge is 0.350 e. The molecule has 0 fully saturated rings. The lowest BCUT2D eigenvalue weighted by molar-refractivity contribution is -0.136. The van der Waals surface area contributed by atoms with Crippen LogP contribution in [-0.2, 0) is 4.79 Å². The summed E-state index contributed by atoms with van der Waals surface area (Å²) < 4.78 is 48.2. The van der Waals surface area contributed by atoms with Gasteiger partial charge in [0.2, 0.25) is 5.91 Å². The fraction of sp³-hybridized carbons (Fsp3) is 0.889. The summed E-state index contributed by atoms with van der Waals surface area (Å²) in [6.45, 7) is 0.505. The highest BCUT2D eigenvalue weighted by atomic mass is 19.3. The van der Waals surface area contributed by atoms with Gasteiger partial charge in [0.1, 0.15) is 0 Å². The normalized spacial score (nSPS) is 13.9. The Morgan fingerprint density at radius 3 is 2.44 bits per heavy atom. The van der Waals surface area contributed by atoms with Gasteiger partial charge in [-0.3, -0.25) is 4.79 Å². The molecule has 0 aliphatic carbocycles. The Hall–Kier alpha value is -0.850. The van der Waals surface area contributed by atoms with Crippen LogP contribution in [0.2, 0.25) is 0 Å². The van der Waals surface area contributed by atoms with E-state index in [1.165, 1.54) is 0 Å². The smallest absolute Gasteiger partial charge is 0.324 e. The van der Waals surface area contributed by atoms with Crippen LogP contribution < -0.4 is 11.1 Å². The van der Waals surface area contributed by atoms with Gasteiger partial charge in [0.05, 0.1) is 6.54 Å². The van der Waals surface area contributed by atoms with E-state index in [0.29, 0.717) is 6.42 Å². The number of amides is 1. The Bertz CT molecular complexity index is 224. The third-order valence-electron chi connectivity index (χ3n) is 1.95. The summed E-state index contributed by atoms with van der Waals surface area (Å²) in [7, 11) is 0. The van der Waals surface area contributed by atoms with Crippen LogP contribution in [0.3, 0.4) is 0 Å². The van der Waals surface area contributed by atoms with E-state index in [0.717, 1.165) is 6.42 Å².